The third-order valence-corrected chi connectivity index (χ3v) is 3.04. The minimum atomic E-state index is -0.377. The fraction of sp³-hybridized carbons (Fsp3) is 0.357. The first-order valence-electron chi connectivity index (χ1n) is 6.00. The second-order valence-corrected chi connectivity index (χ2v) is 4.31. The van der Waals surface area contributed by atoms with Gasteiger partial charge in [-0.2, -0.15) is 0 Å². The van der Waals surface area contributed by atoms with Crippen LogP contribution in [0.25, 0.3) is 0 Å². The van der Waals surface area contributed by atoms with E-state index in [1.807, 2.05) is 0 Å². The van der Waals surface area contributed by atoms with Gasteiger partial charge in [-0.05, 0) is 31.0 Å². The van der Waals surface area contributed by atoms with Crippen molar-refractivity contribution < 1.29 is 9.18 Å². The fourth-order valence-electron chi connectivity index (χ4n) is 1.78. The number of carbonyl (C=O) groups is 1. The number of amides is 1. The SMILES string of the molecule is NCC#Cc1cc(F)ccc1NC(=O)C1CCC1. The maximum atomic E-state index is 13.1. The Morgan fingerprint density at radius 3 is 2.89 bits per heavy atom. The molecular weight excluding hydrogens is 231 g/mol. The predicted molar refractivity (Wildman–Crippen MR) is 68.3 cm³/mol. The smallest absolute Gasteiger partial charge is 0.227 e. The second kappa shape index (κ2) is 5.65. The summed E-state index contributed by atoms with van der Waals surface area (Å²) in [7, 11) is 0. The molecule has 0 heterocycles. The molecule has 94 valence electrons. The van der Waals surface area contributed by atoms with Crippen molar-refractivity contribution in [3.05, 3.63) is 29.6 Å². The minimum Gasteiger partial charge on any atom is -0.325 e. The quantitative estimate of drug-likeness (QED) is 0.783. The number of hydrogen-bond acceptors (Lipinski definition) is 2. The van der Waals surface area contributed by atoms with Gasteiger partial charge < -0.3 is 11.1 Å². The third kappa shape index (κ3) is 2.88. The van der Waals surface area contributed by atoms with Gasteiger partial charge in [-0.3, -0.25) is 4.79 Å². The summed E-state index contributed by atoms with van der Waals surface area (Å²) in [6.07, 6.45) is 2.95. The lowest BCUT2D eigenvalue weighted by Crippen LogP contribution is -2.28. The van der Waals surface area contributed by atoms with E-state index in [9.17, 15) is 9.18 Å². The van der Waals surface area contributed by atoms with Crippen molar-refractivity contribution in [2.75, 3.05) is 11.9 Å². The van der Waals surface area contributed by atoms with Crippen LogP contribution in [-0.4, -0.2) is 12.5 Å². The number of halogens is 1. The van der Waals surface area contributed by atoms with Gasteiger partial charge in [0.15, 0.2) is 0 Å². The summed E-state index contributed by atoms with van der Waals surface area (Å²) in [5.74, 6) is 5.13. The molecule has 0 bridgehead atoms. The highest BCUT2D eigenvalue weighted by atomic mass is 19.1. The molecule has 1 amide bonds. The molecule has 1 aliphatic carbocycles. The van der Waals surface area contributed by atoms with Crippen LogP contribution >= 0.6 is 0 Å². The molecule has 1 aromatic carbocycles. The van der Waals surface area contributed by atoms with Gasteiger partial charge in [-0.25, -0.2) is 4.39 Å². The van der Waals surface area contributed by atoms with Crippen molar-refractivity contribution in [2.45, 2.75) is 19.3 Å². The molecule has 18 heavy (non-hydrogen) atoms. The summed E-state index contributed by atoms with van der Waals surface area (Å²) in [6, 6.07) is 4.15. The van der Waals surface area contributed by atoms with Crippen molar-refractivity contribution >= 4 is 11.6 Å². The molecule has 3 nitrogen and oxygen atoms in total. The molecule has 0 unspecified atom stereocenters. The van der Waals surface area contributed by atoms with Gasteiger partial charge in [0.2, 0.25) is 5.91 Å². The van der Waals surface area contributed by atoms with Gasteiger partial charge in [-0.1, -0.05) is 18.3 Å². The molecule has 2 rings (SSSR count). The lowest BCUT2D eigenvalue weighted by molar-refractivity contribution is -0.122. The van der Waals surface area contributed by atoms with Crippen LogP contribution in [0.2, 0.25) is 0 Å². The Hall–Kier alpha value is -1.86. The Morgan fingerprint density at radius 2 is 2.28 bits per heavy atom. The topological polar surface area (TPSA) is 55.1 Å². The molecule has 1 saturated carbocycles. The third-order valence-electron chi connectivity index (χ3n) is 3.04. The molecule has 3 N–H and O–H groups in total. The number of nitrogens with two attached hydrogens (primary N) is 1. The Bertz CT molecular complexity index is 512. The molecule has 1 fully saturated rings. The van der Waals surface area contributed by atoms with Crippen molar-refractivity contribution in [3.8, 4) is 11.8 Å². The Kier molecular flexibility index (Phi) is 3.96. The number of hydrogen-bond donors (Lipinski definition) is 2. The number of carbonyl (C=O) groups excluding carboxylic acids is 1. The zero-order valence-corrected chi connectivity index (χ0v) is 10.0. The summed E-state index contributed by atoms with van der Waals surface area (Å²) in [5.41, 5.74) is 6.31. The summed E-state index contributed by atoms with van der Waals surface area (Å²) in [4.78, 5) is 11.8. The van der Waals surface area contributed by atoms with Gasteiger partial charge in [0.25, 0.3) is 0 Å². The lowest BCUT2D eigenvalue weighted by Gasteiger charge is -2.24. The average molecular weight is 246 g/mol. The van der Waals surface area contributed by atoms with Crippen LogP contribution in [0.3, 0.4) is 0 Å². The van der Waals surface area contributed by atoms with Crippen molar-refractivity contribution in [3.63, 3.8) is 0 Å². The van der Waals surface area contributed by atoms with Gasteiger partial charge >= 0.3 is 0 Å². The van der Waals surface area contributed by atoms with Crippen LogP contribution in [0.15, 0.2) is 18.2 Å². The molecule has 0 aromatic heterocycles. The molecule has 0 aliphatic heterocycles. The summed E-state index contributed by atoms with van der Waals surface area (Å²) >= 11 is 0. The summed E-state index contributed by atoms with van der Waals surface area (Å²) in [5, 5.41) is 2.80. The first-order valence-corrected chi connectivity index (χ1v) is 6.00. The number of rotatable bonds is 2. The molecular formula is C14H15FN2O. The molecule has 0 atom stereocenters. The normalized spacial score (nSPS) is 14.3. The number of benzene rings is 1. The van der Waals surface area contributed by atoms with E-state index in [4.69, 9.17) is 5.73 Å². The highest BCUT2D eigenvalue weighted by molar-refractivity contribution is 5.94. The summed E-state index contributed by atoms with van der Waals surface area (Å²) < 4.78 is 13.1. The average Bonchev–Trinajstić information content (AvgIpc) is 2.27. The maximum Gasteiger partial charge on any atom is 0.227 e. The zero-order chi connectivity index (χ0) is 13.0. The largest absolute Gasteiger partial charge is 0.325 e. The maximum absolute atomic E-state index is 13.1. The lowest BCUT2D eigenvalue weighted by atomic mass is 9.85. The van der Waals surface area contributed by atoms with E-state index in [0.717, 1.165) is 19.3 Å². The van der Waals surface area contributed by atoms with Crippen LogP contribution in [0, 0.1) is 23.6 Å². The van der Waals surface area contributed by atoms with Crippen LogP contribution in [0.5, 0.6) is 0 Å². The first kappa shape index (κ1) is 12.6. The molecule has 0 spiro atoms. The van der Waals surface area contributed by atoms with E-state index >= 15 is 0 Å². The van der Waals surface area contributed by atoms with Gasteiger partial charge in [0, 0.05) is 5.92 Å². The molecule has 1 aromatic rings. The Labute approximate surface area is 106 Å². The van der Waals surface area contributed by atoms with E-state index in [1.165, 1.54) is 18.2 Å². The second-order valence-electron chi connectivity index (χ2n) is 4.31. The highest BCUT2D eigenvalue weighted by Crippen LogP contribution is 2.28. The van der Waals surface area contributed by atoms with E-state index in [2.05, 4.69) is 17.2 Å². The number of anilines is 1. The monoisotopic (exact) mass is 246 g/mol. The molecule has 1 aliphatic rings. The predicted octanol–water partition coefficient (Wildman–Crippen LogP) is 1.87. The highest BCUT2D eigenvalue weighted by Gasteiger charge is 2.25. The van der Waals surface area contributed by atoms with Crippen molar-refractivity contribution in [1.29, 1.82) is 0 Å². The van der Waals surface area contributed by atoms with E-state index in [1.54, 1.807) is 0 Å². The van der Waals surface area contributed by atoms with Gasteiger partial charge in [-0.15, -0.1) is 0 Å². The van der Waals surface area contributed by atoms with Crippen LogP contribution in [-0.2, 0) is 4.79 Å². The van der Waals surface area contributed by atoms with Crippen molar-refractivity contribution in [1.82, 2.24) is 0 Å². The van der Waals surface area contributed by atoms with E-state index in [0.29, 0.717) is 11.3 Å². The number of nitrogens with one attached hydrogen (secondary N) is 1. The first-order chi connectivity index (χ1) is 8.70. The fourth-order valence-corrected chi connectivity index (χ4v) is 1.78. The van der Waals surface area contributed by atoms with Crippen LogP contribution in [0.4, 0.5) is 10.1 Å². The minimum absolute atomic E-state index is 0.0105. The van der Waals surface area contributed by atoms with Gasteiger partial charge in [0.1, 0.15) is 5.82 Å². The van der Waals surface area contributed by atoms with E-state index in [-0.39, 0.29) is 24.2 Å². The molecule has 0 saturated heterocycles. The van der Waals surface area contributed by atoms with Crippen molar-refractivity contribution in [2.24, 2.45) is 11.7 Å². The zero-order valence-electron chi connectivity index (χ0n) is 10.0. The van der Waals surface area contributed by atoms with Crippen LogP contribution < -0.4 is 11.1 Å². The Balaban J connectivity index is 2.17. The Morgan fingerprint density at radius 1 is 1.50 bits per heavy atom. The van der Waals surface area contributed by atoms with Crippen LogP contribution in [0.1, 0.15) is 24.8 Å². The standard InChI is InChI=1S/C14H15FN2O/c15-12-6-7-13(11(9-12)5-2-8-16)17-14(18)10-3-1-4-10/h6-7,9-10H,1,3-4,8,16H2,(H,17,18). The van der Waals surface area contributed by atoms with E-state index < -0.39 is 0 Å². The molecule has 4 heteroatoms. The summed E-state index contributed by atoms with van der Waals surface area (Å²) in [6.45, 7) is 0.201. The molecule has 0 radical (unpaired) electrons. The van der Waals surface area contributed by atoms with Gasteiger partial charge in [0.05, 0.1) is 17.8 Å².